The summed E-state index contributed by atoms with van der Waals surface area (Å²) in [6, 6.07) is 7.24. The van der Waals surface area contributed by atoms with Crippen molar-refractivity contribution in [2.75, 3.05) is 11.1 Å². The lowest BCUT2D eigenvalue weighted by molar-refractivity contribution is 1.10. The van der Waals surface area contributed by atoms with E-state index in [0.717, 1.165) is 5.56 Å². The van der Waals surface area contributed by atoms with Gasteiger partial charge in [-0.3, -0.25) is 4.98 Å². The second kappa shape index (κ2) is 4.81. The van der Waals surface area contributed by atoms with E-state index in [9.17, 15) is 0 Å². The fraction of sp³-hybridized carbons (Fsp3) is 0.0909. The molecule has 4 nitrogen and oxygen atoms in total. The summed E-state index contributed by atoms with van der Waals surface area (Å²) in [5.41, 5.74) is 7.45. The Morgan fingerprint density at radius 2 is 1.94 bits per heavy atom. The molecule has 0 amide bonds. The first-order valence-electron chi connectivity index (χ1n) is 4.80. The molecule has 2 rings (SSSR count). The van der Waals surface area contributed by atoms with Crippen molar-refractivity contribution in [3.8, 4) is 0 Å². The van der Waals surface area contributed by atoms with Crippen LogP contribution in [0.2, 0.25) is 5.15 Å². The molecule has 16 heavy (non-hydrogen) atoms. The van der Waals surface area contributed by atoms with Crippen LogP contribution in [-0.2, 0) is 6.54 Å². The Labute approximate surface area is 98.5 Å². The van der Waals surface area contributed by atoms with E-state index < -0.39 is 0 Å². The third kappa shape index (κ3) is 2.61. The predicted octanol–water partition coefficient (Wildman–Crippen LogP) is 2.32. The number of nitrogen functional groups attached to an aromatic ring is 1. The zero-order valence-electron chi connectivity index (χ0n) is 8.52. The monoisotopic (exact) mass is 234 g/mol. The first-order valence-corrected chi connectivity index (χ1v) is 5.18. The van der Waals surface area contributed by atoms with Crippen molar-refractivity contribution >= 4 is 23.1 Å². The lowest BCUT2D eigenvalue weighted by atomic mass is 10.2. The van der Waals surface area contributed by atoms with E-state index in [4.69, 9.17) is 17.3 Å². The highest BCUT2D eigenvalue weighted by Gasteiger charge is 2.01. The minimum atomic E-state index is 0.423. The lowest BCUT2D eigenvalue weighted by Gasteiger charge is -2.08. The van der Waals surface area contributed by atoms with Gasteiger partial charge in [-0.25, -0.2) is 4.98 Å². The highest BCUT2D eigenvalue weighted by atomic mass is 35.5. The molecule has 0 fully saturated rings. The van der Waals surface area contributed by atoms with Crippen LogP contribution in [0.25, 0.3) is 0 Å². The second-order valence-corrected chi connectivity index (χ2v) is 3.67. The summed E-state index contributed by atoms with van der Waals surface area (Å²) >= 11 is 5.78. The van der Waals surface area contributed by atoms with Gasteiger partial charge >= 0.3 is 0 Å². The Hall–Kier alpha value is -1.81. The standard InChI is InChI=1S/C11H11ClN4/c12-10-2-1-9(13)11(16-10)15-7-8-3-5-14-6-4-8/h1-6H,7,13H2,(H,15,16). The molecule has 0 aliphatic heterocycles. The molecule has 82 valence electrons. The van der Waals surface area contributed by atoms with Crippen LogP contribution in [0.5, 0.6) is 0 Å². The first-order chi connectivity index (χ1) is 7.75. The number of hydrogen-bond donors (Lipinski definition) is 2. The third-order valence-electron chi connectivity index (χ3n) is 2.10. The van der Waals surface area contributed by atoms with E-state index in [1.165, 1.54) is 0 Å². The van der Waals surface area contributed by atoms with E-state index >= 15 is 0 Å². The maximum absolute atomic E-state index is 5.78. The SMILES string of the molecule is Nc1ccc(Cl)nc1NCc1ccncc1. The molecule has 0 aromatic carbocycles. The second-order valence-electron chi connectivity index (χ2n) is 3.28. The maximum Gasteiger partial charge on any atom is 0.151 e. The number of hydrogen-bond acceptors (Lipinski definition) is 4. The van der Waals surface area contributed by atoms with E-state index in [2.05, 4.69) is 15.3 Å². The van der Waals surface area contributed by atoms with Gasteiger partial charge in [-0.05, 0) is 29.8 Å². The van der Waals surface area contributed by atoms with Crippen molar-refractivity contribution in [1.82, 2.24) is 9.97 Å². The molecule has 0 saturated heterocycles. The van der Waals surface area contributed by atoms with E-state index in [1.54, 1.807) is 24.5 Å². The first kappa shape index (κ1) is 10.7. The maximum atomic E-state index is 5.78. The summed E-state index contributed by atoms with van der Waals surface area (Å²) in [4.78, 5) is 8.04. The lowest BCUT2D eigenvalue weighted by Crippen LogP contribution is -2.04. The number of nitrogens with zero attached hydrogens (tertiary/aromatic N) is 2. The Balaban J connectivity index is 2.08. The quantitative estimate of drug-likeness (QED) is 0.800. The van der Waals surface area contributed by atoms with Crippen molar-refractivity contribution in [2.24, 2.45) is 0 Å². The number of anilines is 2. The number of nitrogens with two attached hydrogens (primary N) is 1. The Kier molecular flexibility index (Phi) is 3.22. The molecule has 2 aromatic heterocycles. The molecule has 0 saturated carbocycles. The van der Waals surface area contributed by atoms with Gasteiger partial charge in [0.2, 0.25) is 0 Å². The van der Waals surface area contributed by atoms with Crippen LogP contribution < -0.4 is 11.1 Å². The number of nitrogens with one attached hydrogen (secondary N) is 1. The average molecular weight is 235 g/mol. The van der Waals surface area contributed by atoms with Crippen LogP contribution in [0.3, 0.4) is 0 Å². The molecule has 0 radical (unpaired) electrons. The van der Waals surface area contributed by atoms with E-state index in [0.29, 0.717) is 23.2 Å². The summed E-state index contributed by atoms with van der Waals surface area (Å²) in [5.74, 6) is 0.601. The van der Waals surface area contributed by atoms with Crippen LogP contribution in [-0.4, -0.2) is 9.97 Å². The Bertz CT molecular complexity index is 473. The molecule has 3 N–H and O–H groups in total. The number of aromatic nitrogens is 2. The van der Waals surface area contributed by atoms with Crippen LogP contribution in [0.1, 0.15) is 5.56 Å². The summed E-state index contributed by atoms with van der Waals surface area (Å²) in [6.07, 6.45) is 3.48. The molecule has 0 atom stereocenters. The van der Waals surface area contributed by atoms with Gasteiger partial charge in [-0.1, -0.05) is 11.6 Å². The third-order valence-corrected chi connectivity index (χ3v) is 2.31. The molecular weight excluding hydrogens is 224 g/mol. The van der Waals surface area contributed by atoms with Gasteiger partial charge in [-0.2, -0.15) is 0 Å². The van der Waals surface area contributed by atoms with Crippen LogP contribution >= 0.6 is 11.6 Å². The van der Waals surface area contributed by atoms with Gasteiger partial charge < -0.3 is 11.1 Å². The fourth-order valence-corrected chi connectivity index (χ4v) is 1.42. The van der Waals surface area contributed by atoms with Gasteiger partial charge in [0.25, 0.3) is 0 Å². The van der Waals surface area contributed by atoms with Crippen molar-refractivity contribution < 1.29 is 0 Å². The highest BCUT2D eigenvalue weighted by molar-refractivity contribution is 6.29. The zero-order valence-corrected chi connectivity index (χ0v) is 9.28. The van der Waals surface area contributed by atoms with Crippen molar-refractivity contribution in [3.63, 3.8) is 0 Å². The Morgan fingerprint density at radius 3 is 2.69 bits per heavy atom. The molecule has 0 aliphatic carbocycles. The Morgan fingerprint density at radius 1 is 1.19 bits per heavy atom. The molecule has 0 unspecified atom stereocenters. The number of halogens is 1. The largest absolute Gasteiger partial charge is 0.396 e. The normalized spacial score (nSPS) is 10.1. The van der Waals surface area contributed by atoms with Crippen molar-refractivity contribution in [2.45, 2.75) is 6.54 Å². The smallest absolute Gasteiger partial charge is 0.151 e. The summed E-state index contributed by atoms with van der Waals surface area (Å²) in [5, 5.41) is 3.54. The average Bonchev–Trinajstić information content (AvgIpc) is 2.32. The topological polar surface area (TPSA) is 63.8 Å². The molecule has 0 bridgehead atoms. The van der Waals surface area contributed by atoms with Gasteiger partial charge in [0.1, 0.15) is 5.15 Å². The predicted molar refractivity (Wildman–Crippen MR) is 65.2 cm³/mol. The van der Waals surface area contributed by atoms with Crippen molar-refractivity contribution in [3.05, 3.63) is 47.4 Å². The van der Waals surface area contributed by atoms with Crippen molar-refractivity contribution in [1.29, 1.82) is 0 Å². The molecule has 2 heterocycles. The van der Waals surface area contributed by atoms with Crippen LogP contribution in [0.15, 0.2) is 36.7 Å². The van der Waals surface area contributed by atoms with Gasteiger partial charge in [0.15, 0.2) is 5.82 Å². The fourth-order valence-electron chi connectivity index (χ4n) is 1.27. The van der Waals surface area contributed by atoms with Gasteiger partial charge in [0.05, 0.1) is 5.69 Å². The van der Waals surface area contributed by atoms with E-state index in [-0.39, 0.29) is 0 Å². The zero-order chi connectivity index (χ0) is 11.4. The number of rotatable bonds is 3. The summed E-state index contributed by atoms with van der Waals surface area (Å²) in [6.45, 7) is 0.639. The highest BCUT2D eigenvalue weighted by Crippen LogP contribution is 2.18. The molecular formula is C11H11ClN4. The van der Waals surface area contributed by atoms with Gasteiger partial charge in [-0.15, -0.1) is 0 Å². The summed E-state index contributed by atoms with van der Waals surface area (Å²) < 4.78 is 0. The molecule has 0 spiro atoms. The van der Waals surface area contributed by atoms with E-state index in [1.807, 2.05) is 12.1 Å². The number of pyridine rings is 2. The minimum Gasteiger partial charge on any atom is -0.396 e. The molecule has 0 aliphatic rings. The van der Waals surface area contributed by atoms with Crippen LogP contribution in [0, 0.1) is 0 Å². The van der Waals surface area contributed by atoms with Crippen LogP contribution in [0.4, 0.5) is 11.5 Å². The van der Waals surface area contributed by atoms with Gasteiger partial charge in [0, 0.05) is 18.9 Å². The molecule has 2 aromatic rings. The molecule has 5 heteroatoms. The summed E-state index contributed by atoms with van der Waals surface area (Å²) in [7, 11) is 0. The minimum absolute atomic E-state index is 0.423.